The van der Waals surface area contributed by atoms with E-state index in [9.17, 15) is 4.79 Å². The molecule has 0 unspecified atom stereocenters. The van der Waals surface area contributed by atoms with Gasteiger partial charge in [0.25, 0.3) is 5.91 Å². The molecular weight excluding hydrogens is 380 g/mol. The zero-order chi connectivity index (χ0) is 20.5. The first kappa shape index (κ1) is 18.6. The van der Waals surface area contributed by atoms with Crippen LogP contribution in [0.4, 0.5) is 5.82 Å². The van der Waals surface area contributed by atoms with Crippen molar-refractivity contribution in [1.29, 1.82) is 0 Å². The van der Waals surface area contributed by atoms with Crippen molar-refractivity contribution in [3.8, 4) is 0 Å². The zero-order valence-electron chi connectivity index (χ0n) is 16.7. The molecule has 3 heterocycles. The van der Waals surface area contributed by atoms with Crippen LogP contribution in [0.25, 0.3) is 22.1 Å². The molecule has 1 saturated heterocycles. The average Bonchev–Trinajstić information content (AvgIpc) is 3.18. The van der Waals surface area contributed by atoms with E-state index < -0.39 is 0 Å². The second-order valence-electron chi connectivity index (χ2n) is 7.39. The van der Waals surface area contributed by atoms with Gasteiger partial charge >= 0.3 is 0 Å². The number of morpholine rings is 1. The summed E-state index contributed by atoms with van der Waals surface area (Å²) in [4.78, 5) is 26.2. The van der Waals surface area contributed by atoms with E-state index in [1.54, 1.807) is 11.9 Å². The fraction of sp³-hybridized carbons (Fsp3) is 0.261. The normalized spacial score (nSPS) is 14.4. The number of para-hydroxylation sites is 1. The second kappa shape index (κ2) is 7.76. The third kappa shape index (κ3) is 3.37. The molecule has 30 heavy (non-hydrogen) atoms. The maximum atomic E-state index is 13.2. The number of aromatic nitrogens is 2. The molecule has 1 aliphatic rings. The van der Waals surface area contributed by atoms with Crippen molar-refractivity contribution in [2.75, 3.05) is 38.3 Å². The van der Waals surface area contributed by atoms with Crippen molar-refractivity contribution in [3.63, 3.8) is 0 Å². The number of hydrogen-bond donors (Lipinski definition) is 0. The predicted octanol–water partition coefficient (Wildman–Crippen LogP) is 3.48. The number of carbonyl (C=O) groups is 1. The highest BCUT2D eigenvalue weighted by Crippen LogP contribution is 2.33. The van der Waals surface area contributed by atoms with Gasteiger partial charge in [0.05, 0.1) is 13.2 Å². The third-order valence-corrected chi connectivity index (χ3v) is 5.31. The lowest BCUT2D eigenvalue weighted by atomic mass is 10.2. The zero-order valence-corrected chi connectivity index (χ0v) is 16.7. The van der Waals surface area contributed by atoms with Crippen LogP contribution < -0.4 is 4.90 Å². The van der Waals surface area contributed by atoms with Gasteiger partial charge in [0, 0.05) is 32.1 Å². The Morgan fingerprint density at radius 1 is 1.03 bits per heavy atom. The molecule has 0 N–H and O–H groups in total. The van der Waals surface area contributed by atoms with Crippen LogP contribution in [0.1, 0.15) is 16.2 Å². The molecule has 2 aromatic carbocycles. The van der Waals surface area contributed by atoms with Crippen LogP contribution >= 0.6 is 0 Å². The Morgan fingerprint density at radius 2 is 1.77 bits per heavy atom. The molecule has 0 aliphatic carbocycles. The molecule has 7 heteroatoms. The number of rotatable bonds is 4. The van der Waals surface area contributed by atoms with Gasteiger partial charge < -0.3 is 19.0 Å². The molecule has 0 spiro atoms. The Morgan fingerprint density at radius 3 is 2.57 bits per heavy atom. The minimum absolute atomic E-state index is 0.175. The summed E-state index contributed by atoms with van der Waals surface area (Å²) in [6.45, 7) is 3.10. The maximum absolute atomic E-state index is 13.2. The first-order valence-corrected chi connectivity index (χ1v) is 10.0. The lowest BCUT2D eigenvalue weighted by molar-refractivity contribution is 0.0773. The molecule has 1 fully saturated rings. The van der Waals surface area contributed by atoms with Gasteiger partial charge in [-0.05, 0) is 17.7 Å². The van der Waals surface area contributed by atoms with E-state index >= 15 is 0 Å². The topological polar surface area (TPSA) is 71.7 Å². The molecule has 0 saturated carbocycles. The molecule has 7 nitrogen and oxygen atoms in total. The van der Waals surface area contributed by atoms with Gasteiger partial charge in [0.2, 0.25) is 5.82 Å². The van der Waals surface area contributed by atoms with Crippen LogP contribution in [0.2, 0.25) is 0 Å². The predicted molar refractivity (Wildman–Crippen MR) is 115 cm³/mol. The Hall–Kier alpha value is -3.45. The molecule has 152 valence electrons. The van der Waals surface area contributed by atoms with Crippen molar-refractivity contribution in [2.45, 2.75) is 6.54 Å². The summed E-state index contributed by atoms with van der Waals surface area (Å²) in [5.41, 5.74) is 3.06. The number of amides is 1. The number of furan rings is 1. The first-order chi connectivity index (χ1) is 14.7. The maximum Gasteiger partial charge on any atom is 0.291 e. The fourth-order valence-corrected chi connectivity index (χ4v) is 3.76. The lowest BCUT2D eigenvalue weighted by Crippen LogP contribution is -2.37. The first-order valence-electron chi connectivity index (χ1n) is 10.0. The summed E-state index contributed by atoms with van der Waals surface area (Å²) in [5.74, 6) is 0.602. The smallest absolute Gasteiger partial charge is 0.291 e. The molecule has 1 amide bonds. The minimum atomic E-state index is -0.222. The summed E-state index contributed by atoms with van der Waals surface area (Å²) >= 11 is 0. The fourth-order valence-electron chi connectivity index (χ4n) is 3.76. The van der Waals surface area contributed by atoms with E-state index in [0.717, 1.165) is 16.5 Å². The molecule has 0 bridgehead atoms. The van der Waals surface area contributed by atoms with Gasteiger partial charge in [-0.15, -0.1) is 0 Å². The molecule has 5 rings (SSSR count). The molecule has 1 aliphatic heterocycles. The van der Waals surface area contributed by atoms with E-state index in [-0.39, 0.29) is 11.7 Å². The van der Waals surface area contributed by atoms with Crippen molar-refractivity contribution < 1.29 is 13.9 Å². The molecule has 0 atom stereocenters. The van der Waals surface area contributed by atoms with Gasteiger partial charge in [-0.2, -0.15) is 0 Å². The van der Waals surface area contributed by atoms with E-state index in [0.29, 0.717) is 49.8 Å². The number of carbonyl (C=O) groups excluding carboxylic acids is 1. The summed E-state index contributed by atoms with van der Waals surface area (Å²) in [5, 5.41) is 0.879. The van der Waals surface area contributed by atoms with Crippen molar-refractivity contribution in [1.82, 2.24) is 14.9 Å². The van der Waals surface area contributed by atoms with Crippen LogP contribution in [0, 0.1) is 0 Å². The Labute approximate surface area is 173 Å². The minimum Gasteiger partial charge on any atom is -0.450 e. The quantitative estimate of drug-likeness (QED) is 0.520. The third-order valence-electron chi connectivity index (χ3n) is 5.31. The average molecular weight is 402 g/mol. The largest absolute Gasteiger partial charge is 0.450 e. The van der Waals surface area contributed by atoms with Crippen molar-refractivity contribution in [2.24, 2.45) is 0 Å². The highest BCUT2D eigenvalue weighted by molar-refractivity contribution is 6.07. The van der Waals surface area contributed by atoms with Gasteiger partial charge in [-0.3, -0.25) is 4.79 Å². The lowest BCUT2D eigenvalue weighted by Gasteiger charge is -2.28. The Kier molecular flexibility index (Phi) is 4.80. The molecule has 4 aromatic rings. The van der Waals surface area contributed by atoms with Crippen LogP contribution in [-0.4, -0.2) is 54.1 Å². The number of fused-ring (bicyclic) bond motifs is 3. The van der Waals surface area contributed by atoms with Crippen molar-refractivity contribution in [3.05, 3.63) is 66.0 Å². The summed E-state index contributed by atoms with van der Waals surface area (Å²) < 4.78 is 11.6. The highest BCUT2D eigenvalue weighted by atomic mass is 16.5. The van der Waals surface area contributed by atoms with Gasteiger partial charge in [-0.1, -0.05) is 42.5 Å². The van der Waals surface area contributed by atoms with Crippen LogP contribution in [0.15, 0.2) is 59.0 Å². The second-order valence-corrected chi connectivity index (χ2v) is 7.39. The van der Waals surface area contributed by atoms with E-state index in [1.807, 2.05) is 54.6 Å². The SMILES string of the molecule is CN(Cc1ccccc1)C(=O)c1nc(N2CCOCC2)c2oc3ccccc3c2n1. The van der Waals surface area contributed by atoms with Gasteiger partial charge in [0.15, 0.2) is 11.4 Å². The number of ether oxygens (including phenoxy) is 1. The van der Waals surface area contributed by atoms with Crippen molar-refractivity contribution >= 4 is 33.8 Å². The monoisotopic (exact) mass is 402 g/mol. The van der Waals surface area contributed by atoms with Gasteiger partial charge in [-0.25, -0.2) is 9.97 Å². The van der Waals surface area contributed by atoms with E-state index in [4.69, 9.17) is 9.15 Å². The molecule has 0 radical (unpaired) electrons. The van der Waals surface area contributed by atoms with Gasteiger partial charge in [0.1, 0.15) is 11.1 Å². The number of hydrogen-bond acceptors (Lipinski definition) is 6. The van der Waals surface area contributed by atoms with E-state index in [2.05, 4.69) is 14.9 Å². The summed E-state index contributed by atoms with van der Waals surface area (Å²) in [6, 6.07) is 17.6. The van der Waals surface area contributed by atoms with E-state index in [1.165, 1.54) is 0 Å². The Bertz CT molecular complexity index is 1200. The van der Waals surface area contributed by atoms with Crippen LogP contribution in [0.5, 0.6) is 0 Å². The standard InChI is InChI=1S/C23H22N4O3/c1-26(15-16-7-3-2-4-8-16)23(28)21-24-19-17-9-5-6-10-18(17)30-20(19)22(25-21)27-11-13-29-14-12-27/h2-10H,11-15H2,1H3. The van der Waals surface area contributed by atoms with Crippen LogP contribution in [0.3, 0.4) is 0 Å². The highest BCUT2D eigenvalue weighted by Gasteiger charge is 2.25. The summed E-state index contributed by atoms with van der Waals surface area (Å²) in [6.07, 6.45) is 0. The summed E-state index contributed by atoms with van der Waals surface area (Å²) in [7, 11) is 1.77. The molecule has 2 aromatic heterocycles. The number of anilines is 1. The number of nitrogens with zero attached hydrogens (tertiary/aromatic N) is 4. The molecular formula is C23H22N4O3. The number of benzene rings is 2. The Balaban J connectivity index is 1.59. The van der Waals surface area contributed by atoms with Crippen LogP contribution in [-0.2, 0) is 11.3 Å².